The summed E-state index contributed by atoms with van der Waals surface area (Å²) < 4.78 is 5.51. The van der Waals surface area contributed by atoms with Crippen LogP contribution in [0.1, 0.15) is 40.1 Å². The van der Waals surface area contributed by atoms with Crippen molar-refractivity contribution in [2.45, 2.75) is 13.8 Å². The average Bonchev–Trinajstić information content (AvgIpc) is 2.59. The summed E-state index contributed by atoms with van der Waals surface area (Å²) in [4.78, 5) is 34.5. The molecule has 0 aliphatic heterocycles. The van der Waals surface area contributed by atoms with Gasteiger partial charge in [-0.15, -0.1) is 0 Å². The van der Waals surface area contributed by atoms with Crippen LogP contribution in [0.15, 0.2) is 42.5 Å². The molecule has 0 unspecified atom stereocenters. The molecule has 0 saturated heterocycles. The molecule has 8 heteroatoms. The Morgan fingerprint density at radius 2 is 1.73 bits per heavy atom. The molecule has 0 atom stereocenters. The Kier molecular flexibility index (Phi) is 7.95. The van der Waals surface area contributed by atoms with Gasteiger partial charge in [0.25, 0.3) is 5.69 Å². The van der Waals surface area contributed by atoms with Crippen LogP contribution >= 0.6 is 0 Å². The molecule has 0 saturated carbocycles. The molecular weight excluding hydrogens is 349 g/mol. The Balaban J connectivity index is 0.00000338. The van der Waals surface area contributed by atoms with Crippen LogP contribution in [0.25, 0.3) is 0 Å². The minimum absolute atomic E-state index is 0. The molecule has 0 aliphatic rings. The first-order chi connectivity index (χ1) is 11.8. The maximum absolute atomic E-state index is 12.8. The minimum atomic E-state index is -1.59. The molecule has 0 heterocycles. The van der Waals surface area contributed by atoms with E-state index in [-0.39, 0.29) is 59.0 Å². The smallest absolute Gasteiger partial charge is 0.545 e. The second-order valence-electron chi connectivity index (χ2n) is 5.81. The molecule has 2 aromatic rings. The zero-order valence-corrected chi connectivity index (χ0v) is 16.7. The third-order valence-electron chi connectivity index (χ3n) is 3.35. The van der Waals surface area contributed by atoms with E-state index in [0.717, 1.165) is 12.1 Å². The van der Waals surface area contributed by atoms with Gasteiger partial charge >= 0.3 is 29.6 Å². The van der Waals surface area contributed by atoms with Gasteiger partial charge in [-0.3, -0.25) is 14.9 Å². The third-order valence-corrected chi connectivity index (χ3v) is 3.35. The van der Waals surface area contributed by atoms with Crippen LogP contribution < -0.4 is 39.4 Å². The van der Waals surface area contributed by atoms with Gasteiger partial charge in [0.05, 0.1) is 17.5 Å². The predicted octanol–water partition coefficient (Wildman–Crippen LogP) is -0.772. The van der Waals surface area contributed by atoms with E-state index in [0.29, 0.717) is 0 Å². The summed E-state index contributed by atoms with van der Waals surface area (Å²) in [6, 6.07) is 9.90. The van der Waals surface area contributed by atoms with Gasteiger partial charge in [0.2, 0.25) is 5.78 Å². The third kappa shape index (κ3) is 5.14. The van der Waals surface area contributed by atoms with Crippen molar-refractivity contribution in [3.8, 4) is 5.75 Å². The molecule has 0 amide bonds. The number of rotatable bonds is 7. The molecule has 0 bridgehead atoms. The fraction of sp³-hybridized carbons (Fsp3) is 0.222. The fourth-order valence-corrected chi connectivity index (χ4v) is 2.19. The fourth-order valence-electron chi connectivity index (χ4n) is 2.19. The number of nitrogens with zero attached hydrogens (tertiary/aromatic N) is 1. The molecule has 7 nitrogen and oxygen atoms in total. The number of carbonyl (C=O) groups excluding carboxylic acids is 2. The first-order valence-electron chi connectivity index (χ1n) is 7.57. The van der Waals surface area contributed by atoms with Gasteiger partial charge in [-0.25, -0.2) is 0 Å². The topological polar surface area (TPSA) is 110 Å². The van der Waals surface area contributed by atoms with E-state index in [1.165, 1.54) is 12.1 Å². The van der Waals surface area contributed by atoms with Crippen molar-refractivity contribution in [3.05, 3.63) is 69.3 Å². The van der Waals surface area contributed by atoms with Crippen LogP contribution in [-0.2, 0) is 0 Å². The van der Waals surface area contributed by atoms with Crippen molar-refractivity contribution in [3.63, 3.8) is 0 Å². The Morgan fingerprint density at radius 1 is 1.12 bits per heavy atom. The number of ether oxygens (including phenoxy) is 1. The van der Waals surface area contributed by atoms with Crippen LogP contribution in [0.2, 0.25) is 0 Å². The van der Waals surface area contributed by atoms with Crippen LogP contribution in [0.4, 0.5) is 5.69 Å². The van der Waals surface area contributed by atoms with E-state index in [9.17, 15) is 24.8 Å². The van der Waals surface area contributed by atoms with Crippen molar-refractivity contribution in [2.75, 3.05) is 6.61 Å². The number of carbonyl (C=O) groups is 2. The van der Waals surface area contributed by atoms with E-state index in [1.807, 2.05) is 13.8 Å². The first-order valence-corrected chi connectivity index (χ1v) is 7.57. The number of hydrogen-bond acceptors (Lipinski definition) is 6. The number of benzene rings is 2. The Bertz CT molecular complexity index is 820. The summed E-state index contributed by atoms with van der Waals surface area (Å²) in [7, 11) is 0. The maximum atomic E-state index is 12.8. The second-order valence-corrected chi connectivity index (χ2v) is 5.81. The van der Waals surface area contributed by atoms with Crippen molar-refractivity contribution in [1.29, 1.82) is 0 Å². The molecule has 0 aliphatic carbocycles. The molecular formula is C18H16NNaO6. The number of nitro benzene ring substituents is 1. The van der Waals surface area contributed by atoms with Crippen LogP contribution in [0.5, 0.6) is 5.75 Å². The van der Waals surface area contributed by atoms with Gasteiger partial charge in [0.1, 0.15) is 11.3 Å². The monoisotopic (exact) mass is 365 g/mol. The number of nitro groups is 1. The minimum Gasteiger partial charge on any atom is -0.545 e. The number of aromatic carboxylic acids is 1. The molecule has 0 aromatic heterocycles. The van der Waals surface area contributed by atoms with Gasteiger partial charge in [-0.2, -0.15) is 0 Å². The molecule has 0 radical (unpaired) electrons. The van der Waals surface area contributed by atoms with Gasteiger partial charge in [0.15, 0.2) is 0 Å². The van der Waals surface area contributed by atoms with Crippen LogP contribution in [0, 0.1) is 16.0 Å². The first kappa shape index (κ1) is 21.8. The van der Waals surface area contributed by atoms with Crippen LogP contribution in [0.3, 0.4) is 0 Å². The molecule has 2 rings (SSSR count). The van der Waals surface area contributed by atoms with Crippen molar-refractivity contribution >= 4 is 17.4 Å². The largest absolute Gasteiger partial charge is 1.00 e. The molecule has 0 spiro atoms. The summed E-state index contributed by atoms with van der Waals surface area (Å²) in [6.07, 6.45) is 0. The summed E-state index contributed by atoms with van der Waals surface area (Å²) in [5.41, 5.74) is -1.09. The second kappa shape index (κ2) is 9.47. The van der Waals surface area contributed by atoms with E-state index >= 15 is 0 Å². The average molecular weight is 365 g/mol. The van der Waals surface area contributed by atoms with Gasteiger partial charge < -0.3 is 14.6 Å². The number of carboxylic acids is 1. The van der Waals surface area contributed by atoms with Crippen LogP contribution in [-0.4, -0.2) is 23.3 Å². The Labute approximate surface area is 172 Å². The summed E-state index contributed by atoms with van der Waals surface area (Å²) >= 11 is 0. The number of carboxylic acid groups (broad SMARTS) is 1. The van der Waals surface area contributed by atoms with Crippen molar-refractivity contribution < 1.29 is 53.9 Å². The van der Waals surface area contributed by atoms with Gasteiger partial charge in [-0.05, 0) is 12.0 Å². The quantitative estimate of drug-likeness (QED) is 0.276. The molecule has 130 valence electrons. The van der Waals surface area contributed by atoms with Crippen molar-refractivity contribution in [1.82, 2.24) is 0 Å². The molecule has 26 heavy (non-hydrogen) atoms. The molecule has 0 N–H and O–H groups in total. The van der Waals surface area contributed by atoms with E-state index in [4.69, 9.17) is 4.74 Å². The number of hydrogen-bond donors (Lipinski definition) is 0. The molecule has 0 fully saturated rings. The van der Waals surface area contributed by atoms with E-state index in [2.05, 4.69) is 0 Å². The van der Waals surface area contributed by atoms with E-state index in [1.54, 1.807) is 18.2 Å². The zero-order valence-electron chi connectivity index (χ0n) is 14.7. The predicted molar refractivity (Wildman–Crippen MR) is 87.6 cm³/mol. The number of ketones is 1. The summed E-state index contributed by atoms with van der Waals surface area (Å²) in [6.45, 7) is 3.88. The van der Waals surface area contributed by atoms with Crippen molar-refractivity contribution in [2.24, 2.45) is 5.92 Å². The summed E-state index contributed by atoms with van der Waals surface area (Å²) in [5.74, 6) is -2.27. The maximum Gasteiger partial charge on any atom is 1.00 e. The normalized spacial score (nSPS) is 10.1. The van der Waals surface area contributed by atoms with E-state index < -0.39 is 27.9 Å². The zero-order chi connectivity index (χ0) is 18.6. The Morgan fingerprint density at radius 3 is 2.23 bits per heavy atom. The Hall–Kier alpha value is -2.22. The molecule has 2 aromatic carbocycles. The summed E-state index contributed by atoms with van der Waals surface area (Å²) in [5, 5.41) is 22.6. The SMILES string of the molecule is CC(C)COc1cc(C(=O)[O-])cc([N+](=O)[O-])c1C(=O)c1ccccc1.[Na+]. The van der Waals surface area contributed by atoms with Gasteiger partial charge in [0, 0.05) is 17.2 Å². The standard InChI is InChI=1S/C18H17NO6.Na/c1-11(2)10-25-15-9-13(18(21)22)8-14(19(23)24)16(15)17(20)12-6-4-3-5-7-12;/h3-9,11H,10H2,1-2H3,(H,21,22);/q;+1/p-1. The van der Waals surface area contributed by atoms with Gasteiger partial charge in [-0.1, -0.05) is 44.2 Å².